The molecule has 2 heterocycles. The molecule has 0 atom stereocenters. The van der Waals surface area contributed by atoms with Crippen LogP contribution in [0.25, 0.3) is 0 Å². The van der Waals surface area contributed by atoms with Crippen LogP contribution in [0.15, 0.2) is 12.7 Å². The molecule has 2 fully saturated rings. The third kappa shape index (κ3) is 2.81. The molecule has 2 saturated heterocycles. The minimum Gasteiger partial charge on any atom is -0.445 e. The Morgan fingerprint density at radius 2 is 1.94 bits per heavy atom. The van der Waals surface area contributed by atoms with Crippen molar-refractivity contribution in [3.05, 3.63) is 12.7 Å². The van der Waals surface area contributed by atoms with Gasteiger partial charge in [0.15, 0.2) is 0 Å². The van der Waals surface area contributed by atoms with Crippen LogP contribution in [-0.2, 0) is 14.3 Å². The van der Waals surface area contributed by atoms with Crippen LogP contribution >= 0.6 is 0 Å². The average Bonchev–Trinajstić information content (AvgIpc) is 2.35. The molecule has 100 valence electrons. The van der Waals surface area contributed by atoms with E-state index in [0.717, 1.165) is 0 Å². The third-order valence-corrected chi connectivity index (χ3v) is 3.14. The van der Waals surface area contributed by atoms with E-state index in [9.17, 15) is 9.59 Å². The van der Waals surface area contributed by atoms with E-state index in [-0.39, 0.29) is 24.5 Å². The second-order valence-electron chi connectivity index (χ2n) is 4.41. The van der Waals surface area contributed by atoms with Gasteiger partial charge in [-0.2, -0.15) is 0 Å². The lowest BCUT2D eigenvalue weighted by atomic mass is 9.99. The van der Waals surface area contributed by atoms with Crippen LogP contribution in [0.1, 0.15) is 0 Å². The highest BCUT2D eigenvalue weighted by molar-refractivity contribution is 5.82. The van der Waals surface area contributed by atoms with Gasteiger partial charge < -0.3 is 19.3 Å². The number of morpholine rings is 1. The molecule has 18 heavy (non-hydrogen) atoms. The number of carbonyl (C=O) groups is 2. The van der Waals surface area contributed by atoms with Crippen molar-refractivity contribution in [1.82, 2.24) is 9.80 Å². The van der Waals surface area contributed by atoms with Gasteiger partial charge in [-0.05, 0) is 0 Å². The number of hydrogen-bond donors (Lipinski definition) is 0. The molecule has 2 rings (SSSR count). The fourth-order valence-electron chi connectivity index (χ4n) is 2.05. The van der Waals surface area contributed by atoms with E-state index < -0.39 is 0 Å². The molecule has 2 amide bonds. The van der Waals surface area contributed by atoms with Gasteiger partial charge in [0.05, 0.1) is 19.1 Å². The number of carbonyl (C=O) groups excluding carboxylic acids is 2. The molecule has 0 N–H and O–H groups in total. The predicted octanol–water partition coefficient (Wildman–Crippen LogP) is 0.0996. The second-order valence-corrected chi connectivity index (χ2v) is 4.41. The van der Waals surface area contributed by atoms with Crippen LogP contribution in [0.3, 0.4) is 0 Å². The molecule has 0 aromatic heterocycles. The Morgan fingerprint density at radius 1 is 1.28 bits per heavy atom. The zero-order valence-corrected chi connectivity index (χ0v) is 10.3. The van der Waals surface area contributed by atoms with Crippen LogP contribution in [0.2, 0.25) is 0 Å². The standard InChI is InChI=1S/C12H18N2O4/c1-2-5-18-12(16)14-8-10(9-14)11(15)13-3-6-17-7-4-13/h2,10H,1,3-9H2. The lowest BCUT2D eigenvalue weighted by Gasteiger charge is -2.40. The summed E-state index contributed by atoms with van der Waals surface area (Å²) in [4.78, 5) is 26.8. The van der Waals surface area contributed by atoms with Crippen molar-refractivity contribution in [3.63, 3.8) is 0 Å². The Hall–Kier alpha value is -1.56. The fourth-order valence-corrected chi connectivity index (χ4v) is 2.05. The third-order valence-electron chi connectivity index (χ3n) is 3.14. The molecule has 0 unspecified atom stereocenters. The highest BCUT2D eigenvalue weighted by Gasteiger charge is 2.38. The predicted molar refractivity (Wildman–Crippen MR) is 64.0 cm³/mol. The maximum Gasteiger partial charge on any atom is 0.410 e. The van der Waals surface area contributed by atoms with Crippen molar-refractivity contribution >= 4 is 12.0 Å². The summed E-state index contributed by atoms with van der Waals surface area (Å²) in [5, 5.41) is 0. The van der Waals surface area contributed by atoms with Gasteiger partial charge in [-0.25, -0.2) is 4.79 Å². The molecule has 0 aliphatic carbocycles. The number of hydrogen-bond acceptors (Lipinski definition) is 4. The average molecular weight is 254 g/mol. The normalized spacial score (nSPS) is 20.2. The Labute approximate surface area is 106 Å². The van der Waals surface area contributed by atoms with Gasteiger partial charge in [-0.1, -0.05) is 12.7 Å². The number of ether oxygens (including phenoxy) is 2. The maximum atomic E-state index is 12.0. The zero-order valence-electron chi connectivity index (χ0n) is 10.3. The Morgan fingerprint density at radius 3 is 2.56 bits per heavy atom. The Balaban J connectivity index is 1.72. The van der Waals surface area contributed by atoms with Crippen LogP contribution in [0.4, 0.5) is 4.79 Å². The van der Waals surface area contributed by atoms with Crippen LogP contribution in [-0.4, -0.2) is 67.8 Å². The lowest BCUT2D eigenvalue weighted by molar-refractivity contribution is -0.144. The SMILES string of the molecule is C=CCOC(=O)N1CC(C(=O)N2CCOCC2)C1. The molecule has 0 aromatic rings. The quantitative estimate of drug-likeness (QED) is 0.670. The molecule has 2 aliphatic heterocycles. The van der Waals surface area contributed by atoms with Gasteiger partial charge in [0.25, 0.3) is 0 Å². The molecule has 0 saturated carbocycles. The van der Waals surface area contributed by atoms with E-state index in [1.54, 1.807) is 4.90 Å². The second kappa shape index (κ2) is 5.86. The van der Waals surface area contributed by atoms with Crippen molar-refractivity contribution in [2.45, 2.75) is 0 Å². The van der Waals surface area contributed by atoms with Crippen molar-refractivity contribution in [1.29, 1.82) is 0 Å². The monoisotopic (exact) mass is 254 g/mol. The lowest BCUT2D eigenvalue weighted by Crippen LogP contribution is -2.57. The van der Waals surface area contributed by atoms with Gasteiger partial charge in [-0.3, -0.25) is 4.79 Å². The molecule has 0 aromatic carbocycles. The van der Waals surface area contributed by atoms with Gasteiger partial charge in [-0.15, -0.1) is 0 Å². The molecular formula is C12H18N2O4. The van der Waals surface area contributed by atoms with Crippen molar-refractivity contribution in [3.8, 4) is 0 Å². The highest BCUT2D eigenvalue weighted by atomic mass is 16.6. The van der Waals surface area contributed by atoms with E-state index in [0.29, 0.717) is 39.4 Å². The first-order chi connectivity index (χ1) is 8.72. The molecule has 6 heteroatoms. The first kappa shape index (κ1) is 12.9. The maximum absolute atomic E-state index is 12.0. The summed E-state index contributed by atoms with van der Waals surface area (Å²) in [6.45, 7) is 7.08. The van der Waals surface area contributed by atoms with Crippen LogP contribution in [0.5, 0.6) is 0 Å². The van der Waals surface area contributed by atoms with E-state index in [1.807, 2.05) is 0 Å². The summed E-state index contributed by atoms with van der Waals surface area (Å²) in [7, 11) is 0. The minimum absolute atomic E-state index is 0.0839. The number of nitrogens with zero attached hydrogens (tertiary/aromatic N) is 2. The van der Waals surface area contributed by atoms with Gasteiger partial charge >= 0.3 is 6.09 Å². The largest absolute Gasteiger partial charge is 0.445 e. The molecule has 0 radical (unpaired) electrons. The van der Waals surface area contributed by atoms with Gasteiger partial charge in [0.2, 0.25) is 5.91 Å². The number of amides is 2. The fraction of sp³-hybridized carbons (Fsp3) is 0.667. The van der Waals surface area contributed by atoms with E-state index >= 15 is 0 Å². The van der Waals surface area contributed by atoms with Crippen molar-refractivity contribution in [2.24, 2.45) is 5.92 Å². The Kier molecular flexibility index (Phi) is 4.19. The first-order valence-electron chi connectivity index (χ1n) is 6.11. The van der Waals surface area contributed by atoms with Gasteiger partial charge in [0, 0.05) is 26.2 Å². The molecule has 0 spiro atoms. The molecular weight excluding hydrogens is 236 g/mol. The number of likely N-dealkylation sites (tertiary alicyclic amines) is 1. The Bertz CT molecular complexity index is 333. The molecule has 0 bridgehead atoms. The van der Waals surface area contributed by atoms with Crippen LogP contribution < -0.4 is 0 Å². The minimum atomic E-state index is -0.374. The molecule has 6 nitrogen and oxygen atoms in total. The smallest absolute Gasteiger partial charge is 0.410 e. The summed E-state index contributed by atoms with van der Waals surface area (Å²) in [5.74, 6) is 0.0328. The highest BCUT2D eigenvalue weighted by Crippen LogP contribution is 2.19. The van der Waals surface area contributed by atoms with Crippen molar-refractivity contribution < 1.29 is 19.1 Å². The van der Waals surface area contributed by atoms with E-state index in [4.69, 9.17) is 9.47 Å². The van der Waals surface area contributed by atoms with E-state index in [1.165, 1.54) is 11.0 Å². The molecule has 2 aliphatic rings. The topological polar surface area (TPSA) is 59.1 Å². The summed E-state index contributed by atoms with van der Waals surface area (Å²) < 4.78 is 10.1. The summed E-state index contributed by atoms with van der Waals surface area (Å²) >= 11 is 0. The summed E-state index contributed by atoms with van der Waals surface area (Å²) in [6.07, 6.45) is 1.15. The van der Waals surface area contributed by atoms with Crippen LogP contribution in [0, 0.1) is 5.92 Å². The summed E-state index contributed by atoms with van der Waals surface area (Å²) in [6, 6.07) is 0. The first-order valence-corrected chi connectivity index (χ1v) is 6.11. The summed E-state index contributed by atoms with van der Waals surface area (Å²) in [5.41, 5.74) is 0. The van der Waals surface area contributed by atoms with E-state index in [2.05, 4.69) is 6.58 Å². The van der Waals surface area contributed by atoms with Crippen molar-refractivity contribution in [2.75, 3.05) is 46.0 Å². The number of rotatable bonds is 3. The van der Waals surface area contributed by atoms with Gasteiger partial charge in [0.1, 0.15) is 6.61 Å². The zero-order chi connectivity index (χ0) is 13.0.